The van der Waals surface area contributed by atoms with E-state index in [1.54, 1.807) is 0 Å². The van der Waals surface area contributed by atoms with E-state index in [9.17, 15) is 43.2 Å². The Morgan fingerprint density at radius 1 is 0.269 bits per heavy atom. The second-order valence-corrected chi connectivity index (χ2v) is 35.2. The van der Waals surface area contributed by atoms with Gasteiger partial charge in [0.05, 0.1) is 26.4 Å². The third-order valence-electron chi connectivity index (χ3n) is 20.2. The zero-order valence-corrected chi connectivity index (χ0v) is 70.5. The van der Waals surface area contributed by atoms with Crippen molar-refractivity contribution in [3.63, 3.8) is 0 Å². The molecule has 6 atom stereocenters. The van der Waals surface area contributed by atoms with Crippen LogP contribution in [0, 0.1) is 23.7 Å². The monoisotopic (exact) mass is 1520 g/mol. The SMILES string of the molecule is CCC(C)CCCCCCCCCCCCCCCCCCCCC(=O)OC[C@H](COP(=O)(O)OCC(O)COP(=O)(O)OC[C@@H](COC(=O)CCCCCCCCCC(C)C)OC(=O)CCCCCCCCCCCCCCCC(C)C)OC(=O)CCCCCCCCCCCCCCCC(C)C. The van der Waals surface area contributed by atoms with Gasteiger partial charge in [0.2, 0.25) is 0 Å². The van der Waals surface area contributed by atoms with Gasteiger partial charge in [0.1, 0.15) is 19.3 Å². The first-order chi connectivity index (χ1) is 50.1. The number of carbonyl (C=O) groups excluding carboxylic acids is 4. The summed E-state index contributed by atoms with van der Waals surface area (Å²) in [5.74, 6) is 1.04. The Hall–Kier alpha value is -1.94. The molecule has 0 saturated carbocycles. The van der Waals surface area contributed by atoms with Crippen LogP contribution in [0.5, 0.6) is 0 Å². The zero-order valence-electron chi connectivity index (χ0n) is 68.7. The summed E-state index contributed by atoms with van der Waals surface area (Å²) in [4.78, 5) is 73.2. The van der Waals surface area contributed by atoms with Gasteiger partial charge < -0.3 is 33.8 Å². The number of rotatable bonds is 82. The van der Waals surface area contributed by atoms with Crippen molar-refractivity contribution in [3.8, 4) is 0 Å². The molecule has 17 nitrogen and oxygen atoms in total. The van der Waals surface area contributed by atoms with Crippen molar-refractivity contribution >= 4 is 39.5 Å². The lowest BCUT2D eigenvalue weighted by molar-refractivity contribution is -0.161. The van der Waals surface area contributed by atoms with Crippen LogP contribution in [-0.2, 0) is 65.4 Å². The molecular weight excluding hydrogens is 1350 g/mol. The minimum absolute atomic E-state index is 0.106. The third kappa shape index (κ3) is 76.8. The van der Waals surface area contributed by atoms with Crippen LogP contribution < -0.4 is 0 Å². The number of ether oxygens (including phenoxy) is 4. The van der Waals surface area contributed by atoms with Gasteiger partial charge >= 0.3 is 39.5 Å². The molecule has 104 heavy (non-hydrogen) atoms. The van der Waals surface area contributed by atoms with Crippen LogP contribution in [0.1, 0.15) is 441 Å². The molecule has 0 aliphatic carbocycles. The standard InChI is InChI=1S/C85H166O17P2/c1-9-78(8)64-56-48-40-32-26-20-14-12-10-11-13-15-21-27-33-41-49-57-65-82(87)95-71-80(101-84(89)67-59-51-42-34-28-22-16-18-24-30-37-45-53-61-75(2)3)73-99-103(91,92)97-69-79(86)70-98-104(93,94)100-74-81(72-96-83(88)66-58-50-44-36-39-47-55-63-77(6)7)102-85(90)68-60-52-43-35-29-23-17-19-25-31-38-46-54-62-76(4)5/h75-81,86H,9-74H2,1-8H3,(H,91,92)(H,93,94)/t78?,79?,80-,81-/m1/s1. The second-order valence-electron chi connectivity index (χ2n) is 32.2. The van der Waals surface area contributed by atoms with Crippen LogP contribution >= 0.6 is 15.6 Å². The highest BCUT2D eigenvalue weighted by atomic mass is 31.2. The van der Waals surface area contributed by atoms with Gasteiger partial charge in [-0.15, -0.1) is 0 Å². The van der Waals surface area contributed by atoms with Crippen LogP contribution in [0.3, 0.4) is 0 Å². The number of aliphatic hydroxyl groups is 1. The number of esters is 4. The Morgan fingerprint density at radius 3 is 0.683 bits per heavy atom. The van der Waals surface area contributed by atoms with Gasteiger partial charge in [-0.25, -0.2) is 9.13 Å². The largest absolute Gasteiger partial charge is 0.472 e. The molecule has 0 fully saturated rings. The van der Waals surface area contributed by atoms with Crippen molar-refractivity contribution in [2.24, 2.45) is 23.7 Å². The van der Waals surface area contributed by atoms with Gasteiger partial charge in [-0.3, -0.25) is 37.3 Å². The predicted molar refractivity (Wildman–Crippen MR) is 428 cm³/mol. The van der Waals surface area contributed by atoms with Crippen molar-refractivity contribution in [2.45, 2.75) is 459 Å². The molecule has 618 valence electrons. The average Bonchev–Trinajstić information content (AvgIpc) is 0.907. The minimum atomic E-state index is -4.97. The lowest BCUT2D eigenvalue weighted by Gasteiger charge is -2.21. The lowest BCUT2D eigenvalue weighted by atomic mass is 9.99. The van der Waals surface area contributed by atoms with E-state index in [1.165, 1.54) is 238 Å². The highest BCUT2D eigenvalue weighted by molar-refractivity contribution is 7.47. The summed E-state index contributed by atoms with van der Waals surface area (Å²) < 4.78 is 68.8. The predicted octanol–water partition coefficient (Wildman–Crippen LogP) is 25.6. The molecule has 4 unspecified atom stereocenters. The summed E-state index contributed by atoms with van der Waals surface area (Å²) in [5, 5.41) is 10.7. The number of carbonyl (C=O) groups is 4. The highest BCUT2D eigenvalue weighted by Gasteiger charge is 2.30. The molecular formula is C85H166O17P2. The smallest absolute Gasteiger partial charge is 0.462 e. The van der Waals surface area contributed by atoms with Crippen LogP contribution in [0.25, 0.3) is 0 Å². The number of unbranched alkanes of at least 4 members (excludes halogenated alkanes) is 47. The number of aliphatic hydroxyl groups excluding tert-OH is 1. The van der Waals surface area contributed by atoms with E-state index in [4.69, 9.17) is 37.0 Å². The molecule has 19 heteroatoms. The Balaban J connectivity index is 5.21. The molecule has 0 saturated heterocycles. The maximum absolute atomic E-state index is 13.1. The Bertz CT molecular complexity index is 2030. The van der Waals surface area contributed by atoms with Crippen molar-refractivity contribution in [1.29, 1.82) is 0 Å². The fraction of sp³-hybridized carbons (Fsp3) is 0.953. The molecule has 0 rings (SSSR count). The summed E-state index contributed by atoms with van der Waals surface area (Å²) in [6, 6.07) is 0. The maximum Gasteiger partial charge on any atom is 0.472 e. The number of phosphoric acid groups is 2. The molecule has 0 aromatic carbocycles. The van der Waals surface area contributed by atoms with Crippen LogP contribution in [0.15, 0.2) is 0 Å². The normalized spacial score (nSPS) is 14.2. The van der Waals surface area contributed by atoms with E-state index in [0.29, 0.717) is 31.6 Å². The first-order valence-corrected chi connectivity index (χ1v) is 46.7. The summed E-state index contributed by atoms with van der Waals surface area (Å²) in [6.45, 7) is 14.3. The van der Waals surface area contributed by atoms with Crippen molar-refractivity contribution in [3.05, 3.63) is 0 Å². The maximum atomic E-state index is 13.1. The van der Waals surface area contributed by atoms with Gasteiger partial charge in [-0.1, -0.05) is 389 Å². The molecule has 0 heterocycles. The van der Waals surface area contributed by atoms with Gasteiger partial charge in [0, 0.05) is 25.7 Å². The lowest BCUT2D eigenvalue weighted by Crippen LogP contribution is -2.30. The van der Waals surface area contributed by atoms with Crippen molar-refractivity contribution in [1.82, 2.24) is 0 Å². The molecule has 0 bridgehead atoms. The molecule has 0 aromatic heterocycles. The van der Waals surface area contributed by atoms with E-state index in [-0.39, 0.29) is 25.7 Å². The molecule has 0 amide bonds. The topological polar surface area (TPSA) is 237 Å². The second kappa shape index (κ2) is 73.8. The number of phosphoric ester groups is 2. The first kappa shape index (κ1) is 102. The van der Waals surface area contributed by atoms with E-state index < -0.39 is 97.5 Å². The molecule has 0 aromatic rings. The van der Waals surface area contributed by atoms with Gasteiger partial charge in [0.15, 0.2) is 12.2 Å². The summed E-state index contributed by atoms with van der Waals surface area (Å²) in [6.07, 6.45) is 62.5. The Labute approximate surface area is 638 Å². The Morgan fingerprint density at radius 2 is 0.462 bits per heavy atom. The van der Waals surface area contributed by atoms with Gasteiger partial charge in [-0.05, 0) is 49.4 Å². The molecule has 3 N–H and O–H groups in total. The van der Waals surface area contributed by atoms with Crippen LogP contribution in [0.2, 0.25) is 0 Å². The van der Waals surface area contributed by atoms with E-state index in [0.717, 1.165) is 114 Å². The van der Waals surface area contributed by atoms with Gasteiger partial charge in [-0.2, -0.15) is 0 Å². The van der Waals surface area contributed by atoms with Crippen LogP contribution in [-0.4, -0.2) is 96.7 Å². The summed E-state index contributed by atoms with van der Waals surface area (Å²) >= 11 is 0. The minimum Gasteiger partial charge on any atom is -0.462 e. The molecule has 0 aliphatic rings. The molecule has 0 spiro atoms. The van der Waals surface area contributed by atoms with E-state index in [2.05, 4.69) is 55.4 Å². The third-order valence-corrected chi connectivity index (χ3v) is 22.1. The summed E-state index contributed by atoms with van der Waals surface area (Å²) in [7, 11) is -9.93. The van der Waals surface area contributed by atoms with Crippen molar-refractivity contribution in [2.75, 3.05) is 39.6 Å². The van der Waals surface area contributed by atoms with Gasteiger partial charge in [0.25, 0.3) is 0 Å². The summed E-state index contributed by atoms with van der Waals surface area (Å²) in [5.41, 5.74) is 0. The zero-order chi connectivity index (χ0) is 76.7. The Kier molecular flexibility index (Phi) is 72.5. The van der Waals surface area contributed by atoms with E-state index >= 15 is 0 Å². The van der Waals surface area contributed by atoms with Crippen LogP contribution in [0.4, 0.5) is 0 Å². The molecule has 0 radical (unpaired) electrons. The van der Waals surface area contributed by atoms with E-state index in [1.807, 2.05) is 0 Å². The molecule has 0 aliphatic heterocycles. The average molecular weight is 1520 g/mol. The first-order valence-electron chi connectivity index (χ1n) is 43.7. The van der Waals surface area contributed by atoms with Crippen molar-refractivity contribution < 1.29 is 80.2 Å². The number of hydrogen-bond donors (Lipinski definition) is 3. The fourth-order valence-electron chi connectivity index (χ4n) is 13.1. The highest BCUT2D eigenvalue weighted by Crippen LogP contribution is 2.45. The fourth-order valence-corrected chi connectivity index (χ4v) is 14.7. The number of hydrogen-bond acceptors (Lipinski definition) is 15. The quantitative estimate of drug-likeness (QED) is 0.0222.